The Balaban J connectivity index is 1.81. The first-order valence-corrected chi connectivity index (χ1v) is 11.5. The van der Waals surface area contributed by atoms with Gasteiger partial charge in [-0.25, -0.2) is 4.98 Å². The number of amides is 1. The summed E-state index contributed by atoms with van der Waals surface area (Å²) in [6, 6.07) is 6.19. The van der Waals surface area contributed by atoms with Crippen molar-refractivity contribution in [1.29, 1.82) is 0 Å². The first-order chi connectivity index (χ1) is 13.3. The molecule has 1 aliphatic rings. The van der Waals surface area contributed by atoms with E-state index in [9.17, 15) is 13.2 Å². The van der Waals surface area contributed by atoms with Crippen molar-refractivity contribution >= 4 is 38.8 Å². The number of sulfonamides is 1. The van der Waals surface area contributed by atoms with E-state index in [0.29, 0.717) is 28.5 Å². The zero-order valence-electron chi connectivity index (χ0n) is 16.2. The van der Waals surface area contributed by atoms with Gasteiger partial charge in [-0.3, -0.25) is 4.79 Å². The van der Waals surface area contributed by atoms with Crippen molar-refractivity contribution in [3.05, 3.63) is 39.8 Å². The minimum Gasteiger partial charge on any atom is -0.362 e. The van der Waals surface area contributed by atoms with E-state index in [-0.39, 0.29) is 10.8 Å². The van der Waals surface area contributed by atoms with Crippen molar-refractivity contribution in [3.63, 3.8) is 0 Å². The highest BCUT2D eigenvalue weighted by Gasteiger charge is 2.21. The number of hydrogen-bond acceptors (Lipinski definition) is 5. The van der Waals surface area contributed by atoms with Crippen LogP contribution in [0.3, 0.4) is 0 Å². The number of carbonyl (C=O) groups is 1. The van der Waals surface area contributed by atoms with Crippen LogP contribution in [0.15, 0.2) is 33.6 Å². The lowest BCUT2D eigenvalue weighted by molar-refractivity contribution is 0.102. The van der Waals surface area contributed by atoms with Crippen LogP contribution in [-0.4, -0.2) is 43.6 Å². The zero-order chi connectivity index (χ0) is 20.3. The van der Waals surface area contributed by atoms with Gasteiger partial charge in [-0.2, -0.15) is 8.42 Å². The zero-order valence-corrected chi connectivity index (χ0v) is 17.9. The Kier molecular flexibility index (Phi) is 6.14. The highest BCUT2D eigenvalue weighted by atomic mass is 32.2. The number of benzene rings is 1. The molecule has 0 bridgehead atoms. The van der Waals surface area contributed by atoms with Crippen LogP contribution in [0.5, 0.6) is 0 Å². The van der Waals surface area contributed by atoms with Crippen molar-refractivity contribution in [2.24, 2.45) is 4.40 Å². The molecule has 1 N–H and O–H groups in total. The maximum absolute atomic E-state index is 12.6. The number of amidine groups is 1. The minimum absolute atomic E-state index is 0.0609. The molecule has 0 saturated carbocycles. The molecule has 150 valence electrons. The van der Waals surface area contributed by atoms with Gasteiger partial charge in [-0.1, -0.05) is 13.0 Å². The highest BCUT2D eigenvalue weighted by molar-refractivity contribution is 7.90. The molecule has 1 fully saturated rings. The van der Waals surface area contributed by atoms with Gasteiger partial charge in [0.15, 0.2) is 0 Å². The number of anilines is 1. The lowest BCUT2D eigenvalue weighted by atomic mass is 10.3. The Morgan fingerprint density at radius 1 is 1.39 bits per heavy atom. The Morgan fingerprint density at radius 3 is 2.86 bits per heavy atom. The molecule has 0 spiro atoms. The molecule has 0 aliphatic carbocycles. The van der Waals surface area contributed by atoms with Gasteiger partial charge in [0.05, 0.1) is 15.6 Å². The average molecular weight is 421 g/mol. The largest absolute Gasteiger partial charge is 0.362 e. The molecule has 1 saturated heterocycles. The number of thiazole rings is 1. The number of nitrogens with zero attached hydrogens (tertiary/aromatic N) is 3. The predicted octanol–water partition coefficient (Wildman–Crippen LogP) is 3.47. The summed E-state index contributed by atoms with van der Waals surface area (Å²) in [5, 5.41) is 3.71. The van der Waals surface area contributed by atoms with E-state index in [1.165, 1.54) is 23.5 Å². The van der Waals surface area contributed by atoms with Crippen LogP contribution in [0.4, 0.5) is 5.69 Å². The molecule has 1 aromatic carbocycles. The fraction of sp³-hybridized carbons (Fsp3) is 0.421. The van der Waals surface area contributed by atoms with E-state index in [1.54, 1.807) is 19.1 Å². The summed E-state index contributed by atoms with van der Waals surface area (Å²) < 4.78 is 29.2. The van der Waals surface area contributed by atoms with Crippen molar-refractivity contribution in [2.45, 2.75) is 44.4 Å². The Bertz CT molecular complexity index is 1010. The van der Waals surface area contributed by atoms with Crippen molar-refractivity contribution in [1.82, 2.24) is 9.88 Å². The Morgan fingerprint density at radius 2 is 2.18 bits per heavy atom. The van der Waals surface area contributed by atoms with Gasteiger partial charge in [0.1, 0.15) is 10.7 Å². The molecule has 7 nitrogen and oxygen atoms in total. The molecule has 0 unspecified atom stereocenters. The van der Waals surface area contributed by atoms with Crippen LogP contribution in [0.25, 0.3) is 0 Å². The second kappa shape index (κ2) is 8.40. The van der Waals surface area contributed by atoms with E-state index in [2.05, 4.69) is 21.6 Å². The van der Waals surface area contributed by atoms with Gasteiger partial charge >= 0.3 is 0 Å². The van der Waals surface area contributed by atoms with E-state index in [4.69, 9.17) is 0 Å². The molecule has 1 aliphatic heterocycles. The Hall–Kier alpha value is -2.26. The average Bonchev–Trinajstić information content (AvgIpc) is 3.21. The summed E-state index contributed by atoms with van der Waals surface area (Å²) in [5.74, 6) is 0.284. The summed E-state index contributed by atoms with van der Waals surface area (Å²) in [6.07, 6.45) is 3.35. The van der Waals surface area contributed by atoms with E-state index < -0.39 is 10.0 Å². The fourth-order valence-corrected chi connectivity index (χ4v) is 5.21. The summed E-state index contributed by atoms with van der Waals surface area (Å²) in [7, 11) is -1.99. The van der Waals surface area contributed by atoms with Crippen LogP contribution in [0.2, 0.25) is 0 Å². The number of rotatable bonds is 6. The normalized spacial score (nSPS) is 16.0. The van der Waals surface area contributed by atoms with Gasteiger partial charge in [0.2, 0.25) is 0 Å². The molecular formula is C19H24N4O3S2. The number of nitrogens with one attached hydrogen (secondary N) is 1. The quantitative estimate of drug-likeness (QED) is 0.773. The standard InChI is InChI=1S/C19H24N4O3S2/c1-4-7-17-20-13(2)18(27-17)19(24)21-14-8-5-9-15(12-14)28(25,26)22-16-10-6-11-23(16)3/h5,8-9,12H,4,6-7,10-11H2,1-3H3,(H,21,24). The van der Waals surface area contributed by atoms with Gasteiger partial charge in [0, 0.05) is 25.7 Å². The highest BCUT2D eigenvalue weighted by Crippen LogP contribution is 2.23. The maximum atomic E-state index is 12.6. The fourth-order valence-electron chi connectivity index (χ4n) is 3.01. The molecule has 0 radical (unpaired) electrons. The van der Waals surface area contributed by atoms with Crippen LogP contribution in [-0.2, 0) is 16.4 Å². The molecule has 1 amide bonds. The monoisotopic (exact) mass is 420 g/mol. The van der Waals surface area contributed by atoms with Gasteiger partial charge in [0.25, 0.3) is 15.9 Å². The molecule has 28 heavy (non-hydrogen) atoms. The van der Waals surface area contributed by atoms with Crippen LogP contribution in [0, 0.1) is 6.92 Å². The first kappa shape index (κ1) is 20.5. The predicted molar refractivity (Wildman–Crippen MR) is 112 cm³/mol. The van der Waals surface area contributed by atoms with Gasteiger partial charge in [-0.05, 0) is 44.4 Å². The van der Waals surface area contributed by atoms with Crippen molar-refractivity contribution < 1.29 is 13.2 Å². The molecule has 2 heterocycles. The minimum atomic E-state index is -3.83. The number of likely N-dealkylation sites (tertiary alicyclic amines) is 1. The number of carbonyl (C=O) groups excluding carboxylic acids is 1. The van der Waals surface area contributed by atoms with Crippen molar-refractivity contribution in [3.8, 4) is 0 Å². The smallest absolute Gasteiger partial charge is 0.284 e. The number of hydrogen-bond donors (Lipinski definition) is 1. The van der Waals surface area contributed by atoms with E-state index >= 15 is 0 Å². The van der Waals surface area contributed by atoms with Crippen LogP contribution >= 0.6 is 11.3 Å². The topological polar surface area (TPSA) is 91.7 Å². The first-order valence-electron chi connectivity index (χ1n) is 9.23. The third-order valence-electron chi connectivity index (χ3n) is 4.46. The molecular weight excluding hydrogens is 396 g/mol. The third kappa shape index (κ3) is 4.59. The number of aryl methyl sites for hydroxylation is 2. The van der Waals surface area contributed by atoms with Crippen LogP contribution in [0.1, 0.15) is 46.6 Å². The second-order valence-corrected chi connectivity index (χ2v) is 9.45. The molecule has 0 atom stereocenters. The summed E-state index contributed by atoms with van der Waals surface area (Å²) in [6.45, 7) is 4.67. The molecule has 1 aromatic heterocycles. The van der Waals surface area contributed by atoms with Crippen LogP contribution < -0.4 is 5.32 Å². The Labute approximate surface area is 169 Å². The number of aromatic nitrogens is 1. The van der Waals surface area contributed by atoms with E-state index in [0.717, 1.165) is 30.8 Å². The molecule has 9 heteroatoms. The van der Waals surface area contributed by atoms with Gasteiger partial charge < -0.3 is 10.2 Å². The summed E-state index contributed by atoms with van der Waals surface area (Å²) in [5.41, 5.74) is 1.10. The van der Waals surface area contributed by atoms with E-state index in [1.807, 2.05) is 11.9 Å². The summed E-state index contributed by atoms with van der Waals surface area (Å²) in [4.78, 5) is 19.5. The van der Waals surface area contributed by atoms with Gasteiger partial charge in [-0.15, -0.1) is 15.7 Å². The lowest BCUT2D eigenvalue weighted by Crippen LogP contribution is -2.20. The van der Waals surface area contributed by atoms with Crippen molar-refractivity contribution in [2.75, 3.05) is 18.9 Å². The third-order valence-corrected chi connectivity index (χ3v) is 6.98. The molecule has 3 rings (SSSR count). The SMILES string of the molecule is CCCc1nc(C)c(C(=O)Nc2cccc(S(=O)(=O)N=C3CCCN3C)c2)s1. The summed E-state index contributed by atoms with van der Waals surface area (Å²) >= 11 is 1.37. The maximum Gasteiger partial charge on any atom is 0.284 e. The molecule has 2 aromatic rings. The lowest BCUT2D eigenvalue weighted by Gasteiger charge is -2.11. The second-order valence-electron chi connectivity index (χ2n) is 6.76.